The van der Waals surface area contributed by atoms with E-state index in [2.05, 4.69) is 10.3 Å². The van der Waals surface area contributed by atoms with Gasteiger partial charge in [-0.05, 0) is 25.5 Å². The first-order valence-electron chi connectivity index (χ1n) is 6.46. The third-order valence-corrected chi connectivity index (χ3v) is 4.11. The number of nitro benzene ring substituents is 1. The van der Waals surface area contributed by atoms with E-state index < -0.39 is 0 Å². The van der Waals surface area contributed by atoms with Crippen LogP contribution in [0.5, 0.6) is 0 Å². The average Bonchev–Trinajstić information content (AvgIpc) is 2.97. The van der Waals surface area contributed by atoms with Crippen LogP contribution < -0.4 is 5.32 Å². The molecule has 0 radical (unpaired) electrons. The van der Waals surface area contributed by atoms with Crippen molar-refractivity contribution in [2.24, 2.45) is 0 Å². The van der Waals surface area contributed by atoms with Crippen LogP contribution in [-0.2, 0) is 6.54 Å². The zero-order valence-electron chi connectivity index (χ0n) is 11.7. The second-order valence-corrected chi connectivity index (χ2v) is 5.70. The largest absolute Gasteiger partial charge is 0.374 e. The minimum Gasteiger partial charge on any atom is -0.374 e. The van der Waals surface area contributed by atoms with E-state index in [1.807, 2.05) is 29.8 Å². The summed E-state index contributed by atoms with van der Waals surface area (Å²) in [7, 11) is 0. The van der Waals surface area contributed by atoms with E-state index in [-0.39, 0.29) is 10.6 Å². The molecule has 1 N–H and O–H groups in total. The van der Waals surface area contributed by atoms with Gasteiger partial charge < -0.3 is 5.32 Å². The molecule has 0 aliphatic carbocycles. The smallest absolute Gasteiger partial charge is 0.292 e. The van der Waals surface area contributed by atoms with Crippen LogP contribution in [0.3, 0.4) is 0 Å². The maximum Gasteiger partial charge on any atom is 0.292 e. The maximum atomic E-state index is 11.1. The quantitative estimate of drug-likeness (QED) is 0.591. The first-order chi connectivity index (χ1) is 10.1. The van der Waals surface area contributed by atoms with E-state index in [9.17, 15) is 10.1 Å². The SMILES string of the molecule is Cc1ccc([N+](=O)[O-])c(NCc2c(C)nc3sccn23)c1. The molecule has 2 heterocycles. The van der Waals surface area contributed by atoms with Crippen LogP contribution >= 0.6 is 11.3 Å². The summed E-state index contributed by atoms with van der Waals surface area (Å²) in [6.45, 7) is 4.35. The minimum absolute atomic E-state index is 0.0873. The van der Waals surface area contributed by atoms with E-state index in [1.54, 1.807) is 23.5 Å². The van der Waals surface area contributed by atoms with Gasteiger partial charge in [-0.15, -0.1) is 11.3 Å². The number of fused-ring (bicyclic) bond motifs is 1. The van der Waals surface area contributed by atoms with Crippen LogP contribution in [0, 0.1) is 24.0 Å². The van der Waals surface area contributed by atoms with Crippen molar-refractivity contribution in [2.75, 3.05) is 5.32 Å². The highest BCUT2D eigenvalue weighted by Crippen LogP contribution is 2.26. The second kappa shape index (κ2) is 5.17. The summed E-state index contributed by atoms with van der Waals surface area (Å²) < 4.78 is 2.01. The van der Waals surface area contributed by atoms with Gasteiger partial charge in [0, 0.05) is 17.6 Å². The lowest BCUT2D eigenvalue weighted by Crippen LogP contribution is -2.05. The van der Waals surface area contributed by atoms with Crippen molar-refractivity contribution in [3.8, 4) is 0 Å². The van der Waals surface area contributed by atoms with Gasteiger partial charge >= 0.3 is 0 Å². The highest BCUT2D eigenvalue weighted by Gasteiger charge is 2.15. The maximum absolute atomic E-state index is 11.1. The van der Waals surface area contributed by atoms with Gasteiger partial charge in [-0.25, -0.2) is 4.98 Å². The molecule has 3 rings (SSSR count). The Kier molecular flexibility index (Phi) is 3.34. The normalized spacial score (nSPS) is 11.0. The van der Waals surface area contributed by atoms with Crippen LogP contribution in [0.4, 0.5) is 11.4 Å². The van der Waals surface area contributed by atoms with E-state index in [1.165, 1.54) is 6.07 Å². The summed E-state index contributed by atoms with van der Waals surface area (Å²) in [6.07, 6.45) is 1.96. The average molecular weight is 302 g/mol. The Morgan fingerprint density at radius 3 is 3.00 bits per heavy atom. The molecule has 2 aromatic heterocycles. The first-order valence-corrected chi connectivity index (χ1v) is 7.34. The zero-order chi connectivity index (χ0) is 15.0. The molecule has 21 heavy (non-hydrogen) atoms. The molecule has 1 aromatic carbocycles. The number of imidazole rings is 1. The molecular formula is C14H14N4O2S. The second-order valence-electron chi connectivity index (χ2n) is 4.83. The molecule has 0 amide bonds. The Balaban J connectivity index is 1.91. The summed E-state index contributed by atoms with van der Waals surface area (Å²) in [5.74, 6) is 0. The number of anilines is 1. The van der Waals surface area contributed by atoms with Crippen LogP contribution in [-0.4, -0.2) is 14.3 Å². The molecule has 0 bridgehead atoms. The molecule has 7 heteroatoms. The molecule has 3 aromatic rings. The van der Waals surface area contributed by atoms with E-state index in [0.717, 1.165) is 21.9 Å². The van der Waals surface area contributed by atoms with Crippen LogP contribution in [0.15, 0.2) is 29.8 Å². The Labute approximate surface area is 125 Å². The number of hydrogen-bond acceptors (Lipinski definition) is 5. The van der Waals surface area contributed by atoms with Crippen molar-refractivity contribution in [1.29, 1.82) is 0 Å². The molecule has 6 nitrogen and oxygen atoms in total. The van der Waals surface area contributed by atoms with Crippen molar-refractivity contribution < 1.29 is 4.92 Å². The van der Waals surface area contributed by atoms with Gasteiger partial charge in [-0.3, -0.25) is 14.5 Å². The summed E-state index contributed by atoms with van der Waals surface area (Å²) in [6, 6.07) is 5.06. The summed E-state index contributed by atoms with van der Waals surface area (Å²) >= 11 is 1.57. The number of aryl methyl sites for hydroxylation is 2. The number of aromatic nitrogens is 2. The van der Waals surface area contributed by atoms with Gasteiger partial charge in [0.05, 0.1) is 22.9 Å². The van der Waals surface area contributed by atoms with Gasteiger partial charge in [0.2, 0.25) is 0 Å². The molecule has 0 fully saturated rings. The predicted octanol–water partition coefficient (Wildman–Crippen LogP) is 3.53. The standard InChI is InChI=1S/C14H14N4O2S/c1-9-3-4-12(18(19)20)11(7-9)15-8-13-10(2)16-14-17(13)5-6-21-14/h3-7,15H,8H2,1-2H3. The van der Waals surface area contributed by atoms with Crippen molar-refractivity contribution >= 4 is 27.7 Å². The molecule has 0 unspecified atom stereocenters. The fraction of sp³-hybridized carbons (Fsp3) is 0.214. The molecule has 0 spiro atoms. The molecule has 108 valence electrons. The Morgan fingerprint density at radius 2 is 2.24 bits per heavy atom. The van der Waals surface area contributed by atoms with Gasteiger partial charge in [0.1, 0.15) is 5.69 Å². The van der Waals surface area contributed by atoms with Crippen LogP contribution in [0.25, 0.3) is 4.96 Å². The fourth-order valence-electron chi connectivity index (χ4n) is 2.28. The lowest BCUT2D eigenvalue weighted by atomic mass is 10.2. The van der Waals surface area contributed by atoms with Crippen molar-refractivity contribution in [2.45, 2.75) is 20.4 Å². The zero-order valence-corrected chi connectivity index (χ0v) is 12.5. The third-order valence-electron chi connectivity index (χ3n) is 3.36. The minimum atomic E-state index is -0.370. The predicted molar refractivity (Wildman–Crippen MR) is 83.0 cm³/mol. The van der Waals surface area contributed by atoms with Gasteiger partial charge in [-0.2, -0.15) is 0 Å². The van der Waals surface area contributed by atoms with E-state index in [4.69, 9.17) is 0 Å². The fourth-order valence-corrected chi connectivity index (χ4v) is 3.06. The van der Waals surface area contributed by atoms with Crippen molar-refractivity contribution in [3.63, 3.8) is 0 Å². The molecular weight excluding hydrogens is 288 g/mol. The molecule has 0 saturated heterocycles. The number of nitro groups is 1. The van der Waals surface area contributed by atoms with Crippen molar-refractivity contribution in [3.05, 3.63) is 56.8 Å². The van der Waals surface area contributed by atoms with Crippen LogP contribution in [0.1, 0.15) is 17.0 Å². The highest BCUT2D eigenvalue weighted by molar-refractivity contribution is 7.15. The molecule has 0 aliphatic rings. The van der Waals surface area contributed by atoms with Crippen molar-refractivity contribution in [1.82, 2.24) is 9.38 Å². The van der Waals surface area contributed by atoms with E-state index >= 15 is 0 Å². The number of thiazole rings is 1. The highest BCUT2D eigenvalue weighted by atomic mass is 32.1. The lowest BCUT2D eigenvalue weighted by molar-refractivity contribution is -0.384. The van der Waals surface area contributed by atoms with Gasteiger partial charge in [0.25, 0.3) is 5.69 Å². The monoisotopic (exact) mass is 302 g/mol. The topological polar surface area (TPSA) is 72.5 Å². The number of nitrogens with one attached hydrogen (secondary N) is 1. The van der Waals surface area contributed by atoms with Gasteiger partial charge in [-0.1, -0.05) is 6.07 Å². The number of benzene rings is 1. The summed E-state index contributed by atoms with van der Waals surface area (Å²) in [4.78, 5) is 16.1. The van der Waals surface area contributed by atoms with E-state index in [0.29, 0.717) is 12.2 Å². The number of hydrogen-bond donors (Lipinski definition) is 1. The number of rotatable bonds is 4. The first kappa shape index (κ1) is 13.6. The lowest BCUT2D eigenvalue weighted by Gasteiger charge is -2.08. The van der Waals surface area contributed by atoms with Crippen LogP contribution in [0.2, 0.25) is 0 Å². The number of nitrogens with zero attached hydrogens (tertiary/aromatic N) is 3. The summed E-state index contributed by atoms with van der Waals surface area (Å²) in [5, 5.41) is 16.2. The summed E-state index contributed by atoms with van der Waals surface area (Å²) in [5.41, 5.74) is 3.55. The molecule has 0 aliphatic heterocycles. The Morgan fingerprint density at radius 1 is 1.43 bits per heavy atom. The third kappa shape index (κ3) is 2.47. The Hall–Kier alpha value is -2.41. The van der Waals surface area contributed by atoms with Gasteiger partial charge in [0.15, 0.2) is 4.96 Å². The molecule has 0 saturated carbocycles. The Bertz CT molecular complexity index is 822. The molecule has 0 atom stereocenters.